The third-order valence-corrected chi connectivity index (χ3v) is 3.93. The predicted octanol–water partition coefficient (Wildman–Crippen LogP) is 3.85. The van der Waals surface area contributed by atoms with Gasteiger partial charge >= 0.3 is 6.18 Å². The summed E-state index contributed by atoms with van der Waals surface area (Å²) in [6, 6.07) is 6.16. The van der Waals surface area contributed by atoms with E-state index in [-0.39, 0.29) is 16.6 Å². The number of carbonyl (C=O) groups excluding carboxylic acids is 1. The Kier molecular flexibility index (Phi) is 5.89. The molecule has 0 aliphatic heterocycles. The SMILES string of the molecule is COc1ccc(C)cc1NC(=O)CSc1nc(C)cc(C(F)(F)F)n1. The second kappa shape index (κ2) is 7.73. The van der Waals surface area contributed by atoms with E-state index in [0.29, 0.717) is 11.4 Å². The number of aryl methyl sites for hydroxylation is 2. The molecule has 1 aromatic heterocycles. The molecule has 0 radical (unpaired) electrons. The number of nitrogens with zero attached hydrogens (tertiary/aromatic N) is 2. The third-order valence-electron chi connectivity index (χ3n) is 3.09. The van der Waals surface area contributed by atoms with Crippen molar-refractivity contribution < 1.29 is 22.7 Å². The number of hydrogen-bond acceptors (Lipinski definition) is 5. The van der Waals surface area contributed by atoms with Crippen LogP contribution in [0.1, 0.15) is 17.0 Å². The van der Waals surface area contributed by atoms with E-state index in [2.05, 4.69) is 15.3 Å². The standard InChI is InChI=1S/C16H16F3N3O2S/c1-9-4-5-12(24-3)11(6-9)21-14(23)8-25-15-20-10(2)7-13(22-15)16(17,18)19/h4-7H,8H2,1-3H3,(H,21,23). The average molecular weight is 371 g/mol. The van der Waals surface area contributed by atoms with Crippen LogP contribution < -0.4 is 10.1 Å². The zero-order valence-electron chi connectivity index (χ0n) is 13.8. The molecule has 0 aliphatic rings. The highest BCUT2D eigenvalue weighted by Gasteiger charge is 2.33. The van der Waals surface area contributed by atoms with Crippen LogP contribution in [0.3, 0.4) is 0 Å². The normalized spacial score (nSPS) is 11.3. The van der Waals surface area contributed by atoms with Crippen molar-refractivity contribution in [3.8, 4) is 5.75 Å². The number of anilines is 1. The van der Waals surface area contributed by atoms with E-state index in [0.717, 1.165) is 23.4 Å². The number of nitrogens with one attached hydrogen (secondary N) is 1. The Balaban J connectivity index is 2.06. The number of amides is 1. The molecule has 2 aromatic rings. The molecule has 1 N–H and O–H groups in total. The van der Waals surface area contributed by atoms with Gasteiger partial charge in [0.1, 0.15) is 11.4 Å². The van der Waals surface area contributed by atoms with E-state index in [1.54, 1.807) is 12.1 Å². The lowest BCUT2D eigenvalue weighted by Gasteiger charge is -2.11. The largest absolute Gasteiger partial charge is 0.495 e. The zero-order valence-corrected chi connectivity index (χ0v) is 14.6. The summed E-state index contributed by atoms with van der Waals surface area (Å²) in [5.41, 5.74) is 0.587. The van der Waals surface area contributed by atoms with Crippen LogP contribution in [-0.4, -0.2) is 28.7 Å². The van der Waals surface area contributed by atoms with Gasteiger partial charge in [-0.3, -0.25) is 4.79 Å². The molecular weight excluding hydrogens is 355 g/mol. The number of methoxy groups -OCH3 is 1. The van der Waals surface area contributed by atoms with Crippen molar-refractivity contribution in [2.24, 2.45) is 0 Å². The van der Waals surface area contributed by atoms with Crippen LogP contribution >= 0.6 is 11.8 Å². The molecule has 0 bridgehead atoms. The Hall–Kier alpha value is -2.29. The summed E-state index contributed by atoms with van der Waals surface area (Å²) in [5, 5.41) is 2.57. The number of ether oxygens (including phenoxy) is 1. The topological polar surface area (TPSA) is 64.1 Å². The second-order valence-electron chi connectivity index (χ2n) is 5.22. The van der Waals surface area contributed by atoms with Crippen LogP contribution in [0.2, 0.25) is 0 Å². The molecule has 5 nitrogen and oxygen atoms in total. The predicted molar refractivity (Wildman–Crippen MR) is 88.9 cm³/mol. The number of alkyl halides is 3. The van der Waals surface area contributed by atoms with Crippen molar-refractivity contribution in [3.63, 3.8) is 0 Å². The summed E-state index contributed by atoms with van der Waals surface area (Å²) < 4.78 is 43.4. The van der Waals surface area contributed by atoms with Gasteiger partial charge in [0, 0.05) is 5.69 Å². The van der Waals surface area contributed by atoms with Gasteiger partial charge < -0.3 is 10.1 Å². The number of hydrogen-bond donors (Lipinski definition) is 1. The summed E-state index contributed by atoms with van der Waals surface area (Å²) >= 11 is 0.835. The fourth-order valence-electron chi connectivity index (χ4n) is 1.99. The molecule has 1 amide bonds. The smallest absolute Gasteiger partial charge is 0.433 e. The summed E-state index contributed by atoms with van der Waals surface area (Å²) in [6.45, 7) is 3.31. The third kappa shape index (κ3) is 5.35. The monoisotopic (exact) mass is 371 g/mol. The van der Waals surface area contributed by atoms with Crippen molar-refractivity contribution in [3.05, 3.63) is 41.2 Å². The van der Waals surface area contributed by atoms with Crippen molar-refractivity contribution in [1.82, 2.24) is 9.97 Å². The van der Waals surface area contributed by atoms with E-state index in [1.165, 1.54) is 14.0 Å². The summed E-state index contributed by atoms with van der Waals surface area (Å²) in [5.74, 6) is -0.0274. The molecule has 0 unspecified atom stereocenters. The molecule has 0 spiro atoms. The van der Waals surface area contributed by atoms with Crippen molar-refractivity contribution in [2.45, 2.75) is 25.2 Å². The maximum atomic E-state index is 12.8. The number of aromatic nitrogens is 2. The molecule has 0 aliphatic carbocycles. The Morgan fingerprint density at radius 3 is 2.60 bits per heavy atom. The van der Waals surface area contributed by atoms with Crippen LogP contribution in [0.25, 0.3) is 0 Å². The lowest BCUT2D eigenvalue weighted by Crippen LogP contribution is -2.16. The van der Waals surface area contributed by atoms with Crippen LogP contribution in [0.15, 0.2) is 29.4 Å². The van der Waals surface area contributed by atoms with Crippen LogP contribution in [0, 0.1) is 13.8 Å². The second-order valence-corrected chi connectivity index (χ2v) is 6.16. The first-order valence-corrected chi connectivity index (χ1v) is 8.18. The van der Waals surface area contributed by atoms with Gasteiger partial charge in [-0.25, -0.2) is 9.97 Å². The van der Waals surface area contributed by atoms with Gasteiger partial charge in [-0.1, -0.05) is 17.8 Å². The highest BCUT2D eigenvalue weighted by molar-refractivity contribution is 7.99. The Morgan fingerprint density at radius 1 is 1.24 bits per heavy atom. The van der Waals surface area contributed by atoms with Crippen LogP contribution in [-0.2, 0) is 11.0 Å². The van der Waals surface area contributed by atoms with E-state index in [9.17, 15) is 18.0 Å². The molecule has 1 heterocycles. The Bertz CT molecular complexity index is 782. The number of thioether (sulfide) groups is 1. The van der Waals surface area contributed by atoms with Gasteiger partial charge in [-0.15, -0.1) is 0 Å². The first-order valence-electron chi connectivity index (χ1n) is 7.19. The van der Waals surface area contributed by atoms with Crippen LogP contribution in [0.5, 0.6) is 5.75 Å². The fraction of sp³-hybridized carbons (Fsp3) is 0.312. The highest BCUT2D eigenvalue weighted by Crippen LogP contribution is 2.29. The number of halogens is 3. The van der Waals surface area contributed by atoms with Gasteiger partial charge in [0.15, 0.2) is 5.16 Å². The average Bonchev–Trinajstić information content (AvgIpc) is 2.52. The first-order chi connectivity index (χ1) is 11.7. The molecule has 9 heteroatoms. The molecule has 134 valence electrons. The number of benzene rings is 1. The van der Waals surface area contributed by atoms with Gasteiger partial charge in [0.05, 0.1) is 18.6 Å². The fourth-order valence-corrected chi connectivity index (χ4v) is 2.69. The molecule has 1 aromatic carbocycles. The molecule has 0 saturated heterocycles. The minimum atomic E-state index is -4.56. The van der Waals surface area contributed by atoms with E-state index < -0.39 is 17.8 Å². The summed E-state index contributed by atoms with van der Waals surface area (Å²) in [4.78, 5) is 19.4. The Labute approximate surface area is 147 Å². The van der Waals surface area contributed by atoms with E-state index in [1.807, 2.05) is 13.0 Å². The summed E-state index contributed by atoms with van der Waals surface area (Å²) in [6.07, 6.45) is -4.56. The first kappa shape index (κ1) is 19.0. The lowest BCUT2D eigenvalue weighted by molar-refractivity contribution is -0.141. The van der Waals surface area contributed by atoms with Crippen molar-refractivity contribution >= 4 is 23.4 Å². The number of rotatable bonds is 5. The molecule has 2 rings (SSSR count). The molecular formula is C16H16F3N3O2S. The number of carbonyl (C=O) groups is 1. The van der Waals surface area contributed by atoms with Crippen LogP contribution in [0.4, 0.5) is 18.9 Å². The molecule has 25 heavy (non-hydrogen) atoms. The maximum absolute atomic E-state index is 12.8. The van der Waals surface area contributed by atoms with E-state index >= 15 is 0 Å². The minimum absolute atomic E-state index is 0.0984. The quantitative estimate of drug-likeness (QED) is 0.639. The highest BCUT2D eigenvalue weighted by atomic mass is 32.2. The van der Waals surface area contributed by atoms with Crippen molar-refractivity contribution in [2.75, 3.05) is 18.2 Å². The van der Waals surface area contributed by atoms with Gasteiger partial charge in [-0.05, 0) is 37.6 Å². The minimum Gasteiger partial charge on any atom is -0.495 e. The van der Waals surface area contributed by atoms with Crippen molar-refractivity contribution in [1.29, 1.82) is 0 Å². The van der Waals surface area contributed by atoms with E-state index in [4.69, 9.17) is 4.74 Å². The molecule has 0 atom stereocenters. The van der Waals surface area contributed by atoms with Gasteiger partial charge in [0.2, 0.25) is 5.91 Å². The summed E-state index contributed by atoms with van der Waals surface area (Å²) in [7, 11) is 1.48. The maximum Gasteiger partial charge on any atom is 0.433 e. The van der Waals surface area contributed by atoms with Gasteiger partial charge in [0.25, 0.3) is 0 Å². The lowest BCUT2D eigenvalue weighted by atomic mass is 10.2. The zero-order chi connectivity index (χ0) is 18.6. The van der Waals surface area contributed by atoms with Gasteiger partial charge in [-0.2, -0.15) is 13.2 Å². The molecule has 0 saturated carbocycles. The molecule has 0 fully saturated rings. The Morgan fingerprint density at radius 2 is 1.96 bits per heavy atom.